The van der Waals surface area contributed by atoms with Crippen LogP contribution in [0.4, 0.5) is 10.1 Å². The first-order valence-electron chi connectivity index (χ1n) is 10.2. The molecule has 1 fully saturated rings. The molecule has 0 radical (unpaired) electrons. The summed E-state index contributed by atoms with van der Waals surface area (Å²) in [6, 6.07) is 14.7. The van der Waals surface area contributed by atoms with Gasteiger partial charge in [0.05, 0.1) is 22.9 Å². The van der Waals surface area contributed by atoms with Crippen molar-refractivity contribution in [3.05, 3.63) is 65.0 Å². The third-order valence-corrected chi connectivity index (χ3v) is 6.38. The van der Waals surface area contributed by atoms with Crippen molar-refractivity contribution in [2.24, 2.45) is 5.92 Å². The highest BCUT2D eigenvalue weighted by molar-refractivity contribution is 7.98. The molecule has 0 aromatic heterocycles. The zero-order valence-electron chi connectivity index (χ0n) is 17.7. The highest BCUT2D eigenvalue weighted by Gasteiger charge is 2.38. The molecule has 1 aliphatic rings. The van der Waals surface area contributed by atoms with Crippen molar-refractivity contribution < 1.29 is 9.18 Å². The van der Waals surface area contributed by atoms with Crippen LogP contribution in [0.15, 0.2) is 42.5 Å². The van der Waals surface area contributed by atoms with Crippen molar-refractivity contribution in [2.45, 2.75) is 56.7 Å². The Balaban J connectivity index is 2.16. The van der Waals surface area contributed by atoms with E-state index in [4.69, 9.17) is 0 Å². The van der Waals surface area contributed by atoms with E-state index in [1.165, 1.54) is 18.9 Å². The molecule has 2 aromatic rings. The molecular weight excluding hydrogens is 397 g/mol. The number of nitriles is 1. The Morgan fingerprint density at radius 3 is 2.57 bits per heavy atom. The second kappa shape index (κ2) is 9.20. The van der Waals surface area contributed by atoms with Gasteiger partial charge in [-0.15, -0.1) is 0 Å². The van der Waals surface area contributed by atoms with Crippen LogP contribution in [-0.2, 0) is 10.3 Å². The molecule has 0 saturated heterocycles. The molecule has 1 saturated carbocycles. The lowest BCUT2D eigenvalue weighted by atomic mass is 9.79. The lowest BCUT2D eigenvalue weighted by Crippen LogP contribution is -2.42. The molecule has 6 heteroatoms. The maximum atomic E-state index is 14.3. The van der Waals surface area contributed by atoms with Gasteiger partial charge in [-0.25, -0.2) is 9.11 Å². The van der Waals surface area contributed by atoms with Crippen LogP contribution in [0.1, 0.15) is 63.1 Å². The first kappa shape index (κ1) is 22.3. The summed E-state index contributed by atoms with van der Waals surface area (Å²) in [4.78, 5) is 11.0. The summed E-state index contributed by atoms with van der Waals surface area (Å²) in [6.07, 6.45) is 4.80. The molecule has 4 nitrogen and oxygen atoms in total. The fraction of sp³-hybridized carbons (Fsp3) is 0.417. The third kappa shape index (κ3) is 5.41. The van der Waals surface area contributed by atoms with Gasteiger partial charge in [-0.2, -0.15) is 5.26 Å². The number of anilines is 1. The molecule has 0 aliphatic heterocycles. The van der Waals surface area contributed by atoms with Crippen LogP contribution in [0.3, 0.4) is 0 Å². The van der Waals surface area contributed by atoms with E-state index in [0.29, 0.717) is 17.9 Å². The van der Waals surface area contributed by atoms with E-state index in [9.17, 15) is 14.4 Å². The van der Waals surface area contributed by atoms with E-state index in [-0.39, 0.29) is 10.4 Å². The fourth-order valence-corrected chi connectivity index (χ4v) is 4.33. The summed E-state index contributed by atoms with van der Waals surface area (Å²) in [5.41, 5.74) is 1.93. The SMILES string of the molecule is CC(C)(C)SNC(CCC1CC1)(c1cccc(C#N)c1)c1ccc(F)c(NC=O)c1. The average Bonchev–Trinajstić information content (AvgIpc) is 3.54. The molecule has 0 bridgehead atoms. The Labute approximate surface area is 182 Å². The minimum atomic E-state index is -0.625. The third-order valence-electron chi connectivity index (χ3n) is 5.31. The summed E-state index contributed by atoms with van der Waals surface area (Å²) in [5, 5.41) is 11.9. The smallest absolute Gasteiger partial charge is 0.211 e. The number of nitrogens with zero attached hydrogens (tertiary/aromatic N) is 1. The molecule has 2 aromatic carbocycles. The maximum Gasteiger partial charge on any atom is 0.211 e. The standard InChI is InChI=1S/C24H28FN3OS/c1-23(2,3)30-28-24(12-11-17-7-8-17,19-6-4-5-18(13-19)15-26)20-9-10-21(25)22(14-20)27-16-29/h4-6,9-10,13-14,16-17,28H,7-8,11-12H2,1-3H3,(H,27,29). The Morgan fingerprint density at radius 2 is 1.93 bits per heavy atom. The van der Waals surface area contributed by atoms with Gasteiger partial charge in [-0.05, 0) is 74.9 Å². The first-order valence-corrected chi connectivity index (χ1v) is 11.0. The minimum Gasteiger partial charge on any atom is -0.326 e. The zero-order valence-corrected chi connectivity index (χ0v) is 18.5. The van der Waals surface area contributed by atoms with E-state index in [0.717, 1.165) is 24.0 Å². The second-order valence-electron chi connectivity index (χ2n) is 8.85. The van der Waals surface area contributed by atoms with Crippen molar-refractivity contribution in [2.75, 3.05) is 5.32 Å². The number of benzene rings is 2. The lowest BCUT2D eigenvalue weighted by Gasteiger charge is -2.38. The maximum absolute atomic E-state index is 14.3. The molecule has 0 heterocycles. The van der Waals surface area contributed by atoms with Gasteiger partial charge in [0.2, 0.25) is 6.41 Å². The van der Waals surface area contributed by atoms with E-state index in [1.54, 1.807) is 30.1 Å². The van der Waals surface area contributed by atoms with Crippen LogP contribution in [0.2, 0.25) is 0 Å². The zero-order chi connectivity index (χ0) is 21.8. The van der Waals surface area contributed by atoms with Crippen LogP contribution < -0.4 is 10.0 Å². The largest absolute Gasteiger partial charge is 0.326 e. The first-order chi connectivity index (χ1) is 14.3. The van der Waals surface area contributed by atoms with Gasteiger partial charge in [0.15, 0.2) is 0 Å². The van der Waals surface area contributed by atoms with Gasteiger partial charge in [0.1, 0.15) is 5.82 Å². The van der Waals surface area contributed by atoms with Crippen LogP contribution >= 0.6 is 11.9 Å². The molecule has 1 amide bonds. The van der Waals surface area contributed by atoms with Crippen LogP contribution in [0.5, 0.6) is 0 Å². The monoisotopic (exact) mass is 425 g/mol. The summed E-state index contributed by atoms with van der Waals surface area (Å²) < 4.78 is 17.9. The van der Waals surface area contributed by atoms with E-state index in [2.05, 4.69) is 36.9 Å². The quantitative estimate of drug-likeness (QED) is 0.397. The van der Waals surface area contributed by atoms with Crippen molar-refractivity contribution in [1.29, 1.82) is 5.26 Å². The number of rotatable bonds is 9. The highest BCUT2D eigenvalue weighted by atomic mass is 32.2. The van der Waals surface area contributed by atoms with Crippen LogP contribution in [-0.4, -0.2) is 11.2 Å². The van der Waals surface area contributed by atoms with Gasteiger partial charge in [0.25, 0.3) is 0 Å². The second-order valence-corrected chi connectivity index (χ2v) is 10.5. The summed E-state index contributed by atoms with van der Waals surface area (Å²) in [6.45, 7) is 6.39. The van der Waals surface area contributed by atoms with Gasteiger partial charge >= 0.3 is 0 Å². The Morgan fingerprint density at radius 1 is 1.20 bits per heavy atom. The molecule has 1 aliphatic carbocycles. The molecule has 1 atom stereocenters. The number of amides is 1. The number of hydrogen-bond acceptors (Lipinski definition) is 4. The van der Waals surface area contributed by atoms with E-state index in [1.807, 2.05) is 18.2 Å². The molecule has 30 heavy (non-hydrogen) atoms. The molecule has 0 spiro atoms. The predicted molar refractivity (Wildman–Crippen MR) is 120 cm³/mol. The Kier molecular flexibility index (Phi) is 6.84. The topological polar surface area (TPSA) is 64.9 Å². The number of halogens is 1. The summed E-state index contributed by atoms with van der Waals surface area (Å²) in [5.74, 6) is 0.231. The molecular formula is C24H28FN3OS. The molecule has 158 valence electrons. The number of nitrogens with one attached hydrogen (secondary N) is 2. The number of hydrogen-bond donors (Lipinski definition) is 2. The van der Waals surface area contributed by atoms with Crippen molar-refractivity contribution >= 4 is 24.0 Å². The van der Waals surface area contributed by atoms with Gasteiger partial charge in [0, 0.05) is 4.75 Å². The highest BCUT2D eigenvalue weighted by Crippen LogP contribution is 2.44. The number of carbonyl (C=O) groups is 1. The average molecular weight is 426 g/mol. The predicted octanol–water partition coefficient (Wildman–Crippen LogP) is 5.74. The van der Waals surface area contributed by atoms with E-state index >= 15 is 0 Å². The normalized spacial score (nSPS) is 15.8. The minimum absolute atomic E-state index is 0.0540. The summed E-state index contributed by atoms with van der Waals surface area (Å²) >= 11 is 1.62. The molecule has 2 N–H and O–H groups in total. The van der Waals surface area contributed by atoms with Gasteiger partial charge in [-0.1, -0.05) is 43.0 Å². The fourth-order valence-electron chi connectivity index (χ4n) is 3.51. The van der Waals surface area contributed by atoms with Crippen molar-refractivity contribution in [1.82, 2.24) is 4.72 Å². The van der Waals surface area contributed by atoms with Gasteiger partial charge in [-0.3, -0.25) is 4.79 Å². The Hall–Kier alpha value is -2.36. The Bertz CT molecular complexity index is 946. The molecule has 3 rings (SSSR count). The summed E-state index contributed by atoms with van der Waals surface area (Å²) in [7, 11) is 0. The van der Waals surface area contributed by atoms with Gasteiger partial charge < -0.3 is 5.32 Å². The van der Waals surface area contributed by atoms with Crippen LogP contribution in [0.25, 0.3) is 0 Å². The van der Waals surface area contributed by atoms with Crippen molar-refractivity contribution in [3.63, 3.8) is 0 Å². The lowest BCUT2D eigenvalue weighted by molar-refractivity contribution is -0.105. The van der Waals surface area contributed by atoms with Crippen LogP contribution in [0, 0.1) is 23.1 Å². The van der Waals surface area contributed by atoms with Crippen molar-refractivity contribution in [3.8, 4) is 6.07 Å². The molecule has 1 unspecified atom stereocenters. The van der Waals surface area contributed by atoms with E-state index < -0.39 is 11.4 Å². The number of carbonyl (C=O) groups excluding carboxylic acids is 1.